The highest BCUT2D eigenvalue weighted by atomic mass is 16.6. The smallest absolute Gasteiger partial charge is 0.288 e. The van der Waals surface area contributed by atoms with Crippen LogP contribution in [0.25, 0.3) is 0 Å². The van der Waals surface area contributed by atoms with E-state index in [-0.39, 0.29) is 24.4 Å². The quantitative estimate of drug-likeness (QED) is 0.725. The van der Waals surface area contributed by atoms with Gasteiger partial charge in [0.25, 0.3) is 12.5 Å². The summed E-state index contributed by atoms with van der Waals surface area (Å²) in [5, 5.41) is 17.1. The van der Waals surface area contributed by atoms with E-state index in [0.717, 1.165) is 17.4 Å². The first-order valence-electron chi connectivity index (χ1n) is 8.21. The van der Waals surface area contributed by atoms with Gasteiger partial charge in [-0.15, -0.1) is 0 Å². The highest BCUT2D eigenvalue weighted by Gasteiger charge is 2.32. The second-order valence-corrected chi connectivity index (χ2v) is 6.49. The summed E-state index contributed by atoms with van der Waals surface area (Å²) in [7, 11) is 0. The number of nitrogens with one attached hydrogen (secondary N) is 1. The second kappa shape index (κ2) is 6.97. The molecule has 1 aliphatic heterocycles. The molecule has 3 rings (SSSR count). The summed E-state index contributed by atoms with van der Waals surface area (Å²) in [6.45, 7) is 1.29. The van der Waals surface area contributed by atoms with Crippen LogP contribution >= 0.6 is 0 Å². The molecule has 1 atom stereocenters. The number of carbonyl (C=O) groups excluding carboxylic acids is 2. The molecule has 2 fully saturated rings. The van der Waals surface area contributed by atoms with E-state index in [1.54, 1.807) is 0 Å². The van der Waals surface area contributed by atoms with Gasteiger partial charge in [-0.3, -0.25) is 9.59 Å². The van der Waals surface area contributed by atoms with Crippen LogP contribution in [0.2, 0.25) is 0 Å². The minimum absolute atomic E-state index is 0.0843. The molecule has 2 amide bonds. The molecule has 1 aromatic rings. The molecule has 1 N–H and O–H groups in total. The van der Waals surface area contributed by atoms with Crippen LogP contribution in [-0.4, -0.2) is 41.1 Å². The monoisotopic (exact) mass is 322 g/mol. The lowest BCUT2D eigenvalue weighted by molar-refractivity contribution is -0.751. The van der Waals surface area contributed by atoms with Crippen molar-refractivity contribution in [2.75, 3.05) is 13.1 Å². The number of hydrogen-bond donors (Lipinski definition) is 1. The molecule has 2 heterocycles. The van der Waals surface area contributed by atoms with Crippen molar-refractivity contribution in [1.82, 2.24) is 15.5 Å². The Labute approximate surface area is 134 Å². The Morgan fingerprint density at radius 3 is 2.91 bits per heavy atom. The lowest BCUT2D eigenvalue weighted by Crippen LogP contribution is -2.47. The minimum Gasteiger partial charge on any atom is -0.539 e. The second-order valence-electron chi connectivity index (χ2n) is 6.49. The van der Waals surface area contributed by atoms with Crippen molar-refractivity contribution in [3.63, 3.8) is 0 Å². The van der Waals surface area contributed by atoms with Crippen LogP contribution in [0.4, 0.5) is 0 Å². The summed E-state index contributed by atoms with van der Waals surface area (Å²) in [5.74, 6) is -0.159. The number of nitrogens with zero attached hydrogens (tertiary/aromatic N) is 3. The van der Waals surface area contributed by atoms with Gasteiger partial charge in [-0.1, -0.05) is 23.9 Å². The van der Waals surface area contributed by atoms with Gasteiger partial charge in [0, 0.05) is 19.5 Å². The number of amides is 2. The van der Waals surface area contributed by atoms with Crippen LogP contribution in [0.1, 0.15) is 38.5 Å². The van der Waals surface area contributed by atoms with Crippen molar-refractivity contribution in [3.8, 4) is 5.95 Å². The van der Waals surface area contributed by atoms with Gasteiger partial charge in [-0.05, 0) is 18.8 Å². The maximum atomic E-state index is 12.1. The summed E-state index contributed by atoms with van der Waals surface area (Å²) in [4.78, 5) is 25.9. The first-order valence-corrected chi connectivity index (χ1v) is 8.21. The number of hydrogen-bond acceptors (Lipinski definition) is 5. The molecule has 8 heteroatoms. The number of carbonyl (C=O) groups is 2. The Balaban J connectivity index is 1.46. The molecule has 1 aromatic heterocycles. The van der Waals surface area contributed by atoms with Crippen LogP contribution in [0.5, 0.6) is 5.95 Å². The average molecular weight is 322 g/mol. The number of aromatic nitrogens is 2. The van der Waals surface area contributed by atoms with E-state index < -0.39 is 5.95 Å². The van der Waals surface area contributed by atoms with E-state index in [4.69, 9.17) is 0 Å². The van der Waals surface area contributed by atoms with Crippen LogP contribution in [0, 0.1) is 5.92 Å². The minimum atomic E-state index is -0.590. The van der Waals surface area contributed by atoms with Gasteiger partial charge in [0.15, 0.2) is 0 Å². The zero-order chi connectivity index (χ0) is 16.2. The van der Waals surface area contributed by atoms with Crippen molar-refractivity contribution in [2.24, 2.45) is 5.92 Å². The van der Waals surface area contributed by atoms with E-state index in [9.17, 15) is 14.7 Å². The summed E-state index contributed by atoms with van der Waals surface area (Å²) in [6, 6.07) is -0.169. The van der Waals surface area contributed by atoms with Crippen molar-refractivity contribution < 1.29 is 23.9 Å². The van der Waals surface area contributed by atoms with Crippen LogP contribution in [0.15, 0.2) is 10.7 Å². The van der Waals surface area contributed by atoms with Crippen molar-refractivity contribution >= 4 is 11.8 Å². The third-order valence-corrected chi connectivity index (χ3v) is 4.58. The van der Waals surface area contributed by atoms with E-state index in [0.29, 0.717) is 18.9 Å². The molecule has 23 heavy (non-hydrogen) atoms. The number of rotatable bonds is 5. The maximum absolute atomic E-state index is 12.1. The normalized spacial score (nSPS) is 22.5. The topological polar surface area (TPSA) is 102 Å². The average Bonchev–Trinajstić information content (AvgIpc) is 3.06. The lowest BCUT2D eigenvalue weighted by atomic mass is 9.89. The Bertz CT molecular complexity index is 568. The zero-order valence-corrected chi connectivity index (χ0v) is 13.1. The summed E-state index contributed by atoms with van der Waals surface area (Å²) >= 11 is 0. The zero-order valence-electron chi connectivity index (χ0n) is 13.1. The highest BCUT2D eigenvalue weighted by molar-refractivity contribution is 5.81. The summed E-state index contributed by atoms with van der Waals surface area (Å²) in [5.41, 5.74) is 0. The molecule has 0 spiro atoms. The SMILES string of the molecule is O=C(C[n+]1cc([O-])on1)NC1CC(=O)N(CC2CCCCC2)C1. The molecule has 126 valence electrons. The lowest BCUT2D eigenvalue weighted by Gasteiger charge is -2.27. The summed E-state index contributed by atoms with van der Waals surface area (Å²) < 4.78 is 5.52. The van der Waals surface area contributed by atoms with E-state index in [2.05, 4.69) is 15.1 Å². The molecule has 8 nitrogen and oxygen atoms in total. The molecule has 0 aromatic carbocycles. The van der Waals surface area contributed by atoms with Gasteiger partial charge in [-0.2, -0.15) is 0 Å². The van der Waals surface area contributed by atoms with Gasteiger partial charge in [0.1, 0.15) is 5.95 Å². The Kier molecular flexibility index (Phi) is 4.78. The van der Waals surface area contributed by atoms with Crippen molar-refractivity contribution in [3.05, 3.63) is 6.20 Å². The first-order chi connectivity index (χ1) is 11.1. The predicted octanol–water partition coefficient (Wildman–Crippen LogP) is -0.667. The maximum Gasteiger partial charge on any atom is 0.288 e. The largest absolute Gasteiger partial charge is 0.539 e. The van der Waals surface area contributed by atoms with Gasteiger partial charge in [0.05, 0.1) is 11.3 Å². The molecule has 1 saturated heterocycles. The Hall–Kier alpha value is -2.12. The van der Waals surface area contributed by atoms with E-state index in [1.165, 1.54) is 32.1 Å². The van der Waals surface area contributed by atoms with Gasteiger partial charge >= 0.3 is 0 Å². The fourth-order valence-corrected chi connectivity index (χ4v) is 3.48. The number of likely N-dealkylation sites (tertiary alicyclic amines) is 1. The van der Waals surface area contributed by atoms with Crippen LogP contribution < -0.4 is 15.1 Å². The van der Waals surface area contributed by atoms with E-state index >= 15 is 0 Å². The molecule has 2 aliphatic rings. The van der Waals surface area contributed by atoms with Gasteiger partial charge in [0.2, 0.25) is 12.1 Å². The summed E-state index contributed by atoms with van der Waals surface area (Å²) in [6.07, 6.45) is 7.66. The fourth-order valence-electron chi connectivity index (χ4n) is 3.48. The molecule has 0 bridgehead atoms. The Morgan fingerprint density at radius 2 is 2.22 bits per heavy atom. The molecular formula is C15H22N4O4. The molecule has 1 unspecified atom stereocenters. The van der Waals surface area contributed by atoms with Crippen molar-refractivity contribution in [2.45, 2.75) is 51.1 Å². The fraction of sp³-hybridized carbons (Fsp3) is 0.733. The highest BCUT2D eigenvalue weighted by Crippen LogP contribution is 2.26. The molecule has 1 saturated carbocycles. The third kappa shape index (κ3) is 4.20. The molecular weight excluding hydrogens is 300 g/mol. The van der Waals surface area contributed by atoms with Gasteiger partial charge in [-0.25, -0.2) is 0 Å². The van der Waals surface area contributed by atoms with Crippen LogP contribution in [0.3, 0.4) is 0 Å². The van der Waals surface area contributed by atoms with Crippen molar-refractivity contribution in [1.29, 1.82) is 0 Å². The predicted molar refractivity (Wildman–Crippen MR) is 75.8 cm³/mol. The van der Waals surface area contributed by atoms with Crippen LogP contribution in [-0.2, 0) is 16.1 Å². The molecule has 0 radical (unpaired) electrons. The Morgan fingerprint density at radius 1 is 1.43 bits per heavy atom. The standard InChI is InChI=1S/C15H22N4O4/c20-13(9-19-10-15(22)23-17-19)16-12-6-14(21)18(8-12)7-11-4-2-1-3-5-11/h10-12H,1-9H2,(H-,16,17,20,22). The van der Waals surface area contributed by atoms with Gasteiger partial charge < -0.3 is 19.8 Å². The molecule has 1 aliphatic carbocycles. The third-order valence-electron chi connectivity index (χ3n) is 4.58. The van der Waals surface area contributed by atoms with E-state index in [1.807, 2.05) is 4.90 Å². The first kappa shape index (κ1) is 15.8.